The van der Waals surface area contributed by atoms with E-state index in [9.17, 15) is 4.79 Å². The van der Waals surface area contributed by atoms with E-state index in [1.165, 1.54) is 0 Å². The molecule has 1 aliphatic rings. The first-order valence-electron chi connectivity index (χ1n) is 10.6. The Bertz CT molecular complexity index is 894. The Morgan fingerprint density at radius 2 is 1.81 bits per heavy atom. The maximum absolute atomic E-state index is 12.5. The minimum Gasteiger partial charge on any atom is -0.496 e. The second-order valence-corrected chi connectivity index (χ2v) is 8.17. The number of amides is 1. The number of carbonyl (C=O) groups is 1. The number of ether oxygens (including phenoxy) is 2. The summed E-state index contributed by atoms with van der Waals surface area (Å²) in [6.07, 6.45) is 4.92. The standard InChI is InChI=1S/C23H33N5O3/c1-26(2)20(29)15-28-13-8-7-10-17(28)22-16(14-24-23(25-22)27(3)4)21-18(30-5)11-9-12-19(21)31-6/h9,11-12,14,17H,7-8,10,13,15H2,1-6H3. The van der Waals surface area contributed by atoms with Crippen molar-refractivity contribution in [2.75, 3.05) is 60.4 Å². The lowest BCUT2D eigenvalue weighted by Crippen LogP contribution is -2.41. The third-order valence-electron chi connectivity index (χ3n) is 5.67. The first-order valence-corrected chi connectivity index (χ1v) is 10.6. The van der Waals surface area contributed by atoms with Gasteiger partial charge in [-0.05, 0) is 31.5 Å². The molecule has 8 nitrogen and oxygen atoms in total. The van der Waals surface area contributed by atoms with Gasteiger partial charge < -0.3 is 19.3 Å². The average Bonchev–Trinajstić information content (AvgIpc) is 2.78. The fourth-order valence-corrected chi connectivity index (χ4v) is 3.97. The van der Waals surface area contributed by atoms with Gasteiger partial charge >= 0.3 is 0 Å². The van der Waals surface area contributed by atoms with Gasteiger partial charge in [-0.3, -0.25) is 9.69 Å². The molecule has 1 atom stereocenters. The van der Waals surface area contributed by atoms with Gasteiger partial charge in [-0.1, -0.05) is 12.5 Å². The molecule has 31 heavy (non-hydrogen) atoms. The predicted molar refractivity (Wildman–Crippen MR) is 122 cm³/mol. The molecule has 2 aromatic rings. The molecule has 0 N–H and O–H groups in total. The molecule has 3 rings (SSSR count). The van der Waals surface area contributed by atoms with Gasteiger partial charge in [0.15, 0.2) is 0 Å². The van der Waals surface area contributed by atoms with Crippen molar-refractivity contribution in [2.45, 2.75) is 25.3 Å². The Morgan fingerprint density at radius 1 is 1.13 bits per heavy atom. The Morgan fingerprint density at radius 3 is 2.39 bits per heavy atom. The number of hydrogen-bond donors (Lipinski definition) is 0. The summed E-state index contributed by atoms with van der Waals surface area (Å²) in [5.41, 5.74) is 2.60. The lowest BCUT2D eigenvalue weighted by Gasteiger charge is -2.36. The van der Waals surface area contributed by atoms with E-state index in [1.807, 2.05) is 43.4 Å². The van der Waals surface area contributed by atoms with E-state index in [0.717, 1.165) is 42.6 Å². The molecule has 0 spiro atoms. The highest BCUT2D eigenvalue weighted by atomic mass is 16.5. The second-order valence-electron chi connectivity index (χ2n) is 8.17. The highest BCUT2D eigenvalue weighted by molar-refractivity contribution is 5.79. The average molecular weight is 428 g/mol. The summed E-state index contributed by atoms with van der Waals surface area (Å²) in [4.78, 5) is 27.8. The smallest absolute Gasteiger partial charge is 0.236 e. The predicted octanol–water partition coefficient (Wildman–Crippen LogP) is 2.84. The summed E-state index contributed by atoms with van der Waals surface area (Å²) in [7, 11) is 10.7. The van der Waals surface area contributed by atoms with Gasteiger partial charge in [-0.25, -0.2) is 9.97 Å². The van der Waals surface area contributed by atoms with Crippen LogP contribution in [0.15, 0.2) is 24.4 Å². The van der Waals surface area contributed by atoms with Crippen LogP contribution in [0.4, 0.5) is 5.95 Å². The van der Waals surface area contributed by atoms with Crippen molar-refractivity contribution in [3.63, 3.8) is 0 Å². The molecule has 0 aliphatic carbocycles. The molecule has 168 valence electrons. The van der Waals surface area contributed by atoms with E-state index < -0.39 is 0 Å². The van der Waals surface area contributed by atoms with Crippen LogP contribution in [-0.2, 0) is 4.79 Å². The van der Waals surface area contributed by atoms with Gasteiger partial charge in [0.2, 0.25) is 11.9 Å². The number of methoxy groups -OCH3 is 2. The molecule has 1 unspecified atom stereocenters. The third kappa shape index (κ3) is 4.90. The van der Waals surface area contributed by atoms with Crippen LogP contribution >= 0.6 is 0 Å². The minimum absolute atomic E-state index is 0.00367. The Labute approximate surface area is 184 Å². The van der Waals surface area contributed by atoms with E-state index in [0.29, 0.717) is 24.0 Å². The normalized spacial score (nSPS) is 16.6. The molecule has 1 aromatic carbocycles. The van der Waals surface area contributed by atoms with Gasteiger partial charge in [-0.15, -0.1) is 0 Å². The summed E-state index contributed by atoms with van der Waals surface area (Å²) in [6, 6.07) is 5.73. The number of hydrogen-bond acceptors (Lipinski definition) is 7. The number of likely N-dealkylation sites (tertiary alicyclic amines) is 1. The van der Waals surface area contributed by atoms with Gasteiger partial charge in [0.1, 0.15) is 11.5 Å². The van der Waals surface area contributed by atoms with E-state index in [2.05, 4.69) is 9.88 Å². The SMILES string of the molecule is COc1cccc(OC)c1-c1cnc(N(C)C)nc1C1CCCCN1CC(=O)N(C)C. The number of piperidine rings is 1. The molecule has 8 heteroatoms. The zero-order valence-corrected chi connectivity index (χ0v) is 19.4. The van der Waals surface area contributed by atoms with Crippen LogP contribution in [0.5, 0.6) is 11.5 Å². The van der Waals surface area contributed by atoms with Gasteiger partial charge in [0.25, 0.3) is 0 Å². The Balaban J connectivity index is 2.16. The first kappa shape index (κ1) is 22.8. The zero-order valence-electron chi connectivity index (χ0n) is 19.4. The number of rotatable bonds is 7. The minimum atomic E-state index is 0.00367. The van der Waals surface area contributed by atoms with Crippen LogP contribution in [0, 0.1) is 0 Å². The maximum Gasteiger partial charge on any atom is 0.236 e. The van der Waals surface area contributed by atoms with Crippen molar-refractivity contribution in [3.8, 4) is 22.6 Å². The molecule has 2 heterocycles. The maximum atomic E-state index is 12.5. The molecule has 0 saturated carbocycles. The molecule has 0 bridgehead atoms. The first-order chi connectivity index (χ1) is 14.9. The van der Waals surface area contributed by atoms with Crippen molar-refractivity contribution in [1.29, 1.82) is 0 Å². The van der Waals surface area contributed by atoms with Crippen molar-refractivity contribution < 1.29 is 14.3 Å². The van der Waals surface area contributed by atoms with Crippen LogP contribution in [0.3, 0.4) is 0 Å². The number of nitrogens with zero attached hydrogens (tertiary/aromatic N) is 5. The molecule has 1 aliphatic heterocycles. The summed E-state index contributed by atoms with van der Waals surface area (Å²) >= 11 is 0. The number of aromatic nitrogens is 2. The lowest BCUT2D eigenvalue weighted by atomic mass is 9.93. The molecule has 1 saturated heterocycles. The topological polar surface area (TPSA) is 71.0 Å². The number of likely N-dealkylation sites (N-methyl/N-ethyl adjacent to an activating group) is 1. The quantitative estimate of drug-likeness (QED) is 0.673. The van der Waals surface area contributed by atoms with Crippen LogP contribution in [-0.4, -0.2) is 81.2 Å². The van der Waals surface area contributed by atoms with Crippen LogP contribution < -0.4 is 14.4 Å². The van der Waals surface area contributed by atoms with Gasteiger partial charge in [-0.2, -0.15) is 0 Å². The van der Waals surface area contributed by atoms with E-state index >= 15 is 0 Å². The van der Waals surface area contributed by atoms with Gasteiger partial charge in [0, 0.05) is 40.0 Å². The van der Waals surface area contributed by atoms with Crippen molar-refractivity contribution in [1.82, 2.24) is 19.8 Å². The van der Waals surface area contributed by atoms with Crippen LogP contribution in [0.25, 0.3) is 11.1 Å². The highest BCUT2D eigenvalue weighted by Gasteiger charge is 2.31. The Hall–Kier alpha value is -2.87. The second kappa shape index (κ2) is 9.96. The van der Waals surface area contributed by atoms with Crippen molar-refractivity contribution in [3.05, 3.63) is 30.1 Å². The fourth-order valence-electron chi connectivity index (χ4n) is 3.97. The molecular weight excluding hydrogens is 394 g/mol. The molecule has 0 radical (unpaired) electrons. The zero-order chi connectivity index (χ0) is 22.5. The summed E-state index contributed by atoms with van der Waals surface area (Å²) in [5.74, 6) is 2.13. The summed E-state index contributed by atoms with van der Waals surface area (Å²) in [6.45, 7) is 1.22. The van der Waals surface area contributed by atoms with E-state index in [-0.39, 0.29) is 11.9 Å². The highest BCUT2D eigenvalue weighted by Crippen LogP contribution is 2.43. The molecule has 1 aromatic heterocycles. The molecule has 1 amide bonds. The van der Waals surface area contributed by atoms with Gasteiger partial charge in [0.05, 0.1) is 38.1 Å². The third-order valence-corrected chi connectivity index (χ3v) is 5.67. The largest absolute Gasteiger partial charge is 0.496 e. The monoisotopic (exact) mass is 427 g/mol. The molecule has 1 fully saturated rings. The van der Waals surface area contributed by atoms with Crippen LogP contribution in [0.2, 0.25) is 0 Å². The Kier molecular flexibility index (Phi) is 7.33. The molecular formula is C23H33N5O3. The number of anilines is 1. The van der Waals surface area contributed by atoms with Crippen molar-refractivity contribution in [2.24, 2.45) is 0 Å². The number of benzene rings is 1. The van der Waals surface area contributed by atoms with E-state index in [1.54, 1.807) is 33.2 Å². The van der Waals surface area contributed by atoms with Crippen molar-refractivity contribution >= 4 is 11.9 Å². The summed E-state index contributed by atoms with van der Waals surface area (Å²) < 4.78 is 11.3. The lowest BCUT2D eigenvalue weighted by molar-refractivity contribution is -0.130. The van der Waals surface area contributed by atoms with E-state index in [4.69, 9.17) is 14.5 Å². The summed E-state index contributed by atoms with van der Waals surface area (Å²) in [5, 5.41) is 0. The van der Waals surface area contributed by atoms with Crippen LogP contribution in [0.1, 0.15) is 31.0 Å². The fraction of sp³-hybridized carbons (Fsp3) is 0.522. The number of carbonyl (C=O) groups excluding carboxylic acids is 1.